The van der Waals surface area contributed by atoms with E-state index < -0.39 is 0 Å². The Labute approximate surface area is 81.9 Å². The highest BCUT2D eigenvalue weighted by Crippen LogP contribution is 2.25. The van der Waals surface area contributed by atoms with Crippen LogP contribution >= 0.6 is 0 Å². The first-order valence-corrected chi connectivity index (χ1v) is 5.62. The van der Waals surface area contributed by atoms with Crippen molar-refractivity contribution in [3.8, 4) is 0 Å². The molecule has 1 aliphatic rings. The Kier molecular flexibility index (Phi) is 5.14. The molecule has 0 bridgehead atoms. The SMILES string of the molecule is C[C@@H]1C=C[C@H](CCCCCO)CC1. The fourth-order valence-corrected chi connectivity index (χ4v) is 1.95. The van der Waals surface area contributed by atoms with Crippen LogP contribution in [0.3, 0.4) is 0 Å². The number of unbranched alkanes of at least 4 members (excludes halogenated alkanes) is 2. The van der Waals surface area contributed by atoms with Gasteiger partial charge in [0.2, 0.25) is 0 Å². The Hall–Kier alpha value is -0.300. The third-order valence-electron chi connectivity index (χ3n) is 2.94. The number of aliphatic hydroxyl groups excluding tert-OH is 1. The molecule has 0 aromatic rings. The van der Waals surface area contributed by atoms with Gasteiger partial charge >= 0.3 is 0 Å². The first-order chi connectivity index (χ1) is 6.33. The topological polar surface area (TPSA) is 20.2 Å². The Morgan fingerprint density at radius 3 is 2.62 bits per heavy atom. The smallest absolute Gasteiger partial charge is 0.0431 e. The minimum atomic E-state index is 0.359. The van der Waals surface area contributed by atoms with Crippen LogP contribution < -0.4 is 0 Å². The van der Waals surface area contributed by atoms with Crippen LogP contribution in [0, 0.1) is 11.8 Å². The van der Waals surface area contributed by atoms with Gasteiger partial charge in [-0.25, -0.2) is 0 Å². The molecule has 0 amide bonds. The summed E-state index contributed by atoms with van der Waals surface area (Å²) in [6, 6.07) is 0. The van der Waals surface area contributed by atoms with Crippen LogP contribution in [0.15, 0.2) is 12.2 Å². The molecule has 0 aliphatic heterocycles. The third kappa shape index (κ3) is 4.47. The normalized spacial score (nSPS) is 27.8. The Morgan fingerprint density at radius 2 is 2.00 bits per heavy atom. The van der Waals surface area contributed by atoms with Gasteiger partial charge in [0.05, 0.1) is 0 Å². The number of allylic oxidation sites excluding steroid dienone is 2. The van der Waals surface area contributed by atoms with Crippen LogP contribution in [-0.4, -0.2) is 11.7 Å². The molecule has 0 heterocycles. The van der Waals surface area contributed by atoms with Crippen LogP contribution in [0.2, 0.25) is 0 Å². The maximum atomic E-state index is 8.62. The number of hydrogen-bond acceptors (Lipinski definition) is 1. The van der Waals surface area contributed by atoms with Crippen molar-refractivity contribution >= 4 is 0 Å². The zero-order chi connectivity index (χ0) is 9.52. The molecule has 0 saturated carbocycles. The van der Waals surface area contributed by atoms with Crippen LogP contribution in [0.25, 0.3) is 0 Å². The van der Waals surface area contributed by atoms with Crippen molar-refractivity contribution in [1.29, 1.82) is 0 Å². The van der Waals surface area contributed by atoms with Gasteiger partial charge in [-0.15, -0.1) is 0 Å². The summed E-state index contributed by atoms with van der Waals surface area (Å²) in [5.74, 6) is 1.63. The van der Waals surface area contributed by atoms with Gasteiger partial charge in [0.15, 0.2) is 0 Å². The molecule has 0 spiro atoms. The predicted molar refractivity (Wildman–Crippen MR) is 56.6 cm³/mol. The summed E-state index contributed by atoms with van der Waals surface area (Å²) >= 11 is 0. The summed E-state index contributed by atoms with van der Waals surface area (Å²) in [6.45, 7) is 2.65. The number of rotatable bonds is 5. The first-order valence-electron chi connectivity index (χ1n) is 5.62. The standard InChI is InChI=1S/C12H22O/c1-11-6-8-12(9-7-11)5-3-2-4-10-13/h6,8,11-13H,2-5,7,9-10H2,1H3/t11-,12+/m1/s1. The molecular formula is C12H22O. The Morgan fingerprint density at radius 1 is 1.15 bits per heavy atom. The summed E-state index contributed by atoms with van der Waals surface area (Å²) in [5.41, 5.74) is 0. The second-order valence-electron chi connectivity index (χ2n) is 4.27. The molecule has 1 rings (SSSR count). The van der Waals surface area contributed by atoms with Crippen LogP contribution in [0.1, 0.15) is 45.4 Å². The van der Waals surface area contributed by atoms with Crippen molar-refractivity contribution in [3.05, 3.63) is 12.2 Å². The summed E-state index contributed by atoms with van der Waals surface area (Å²) in [6.07, 6.45) is 12.3. The first kappa shape index (κ1) is 10.8. The monoisotopic (exact) mass is 182 g/mol. The molecule has 76 valence electrons. The third-order valence-corrected chi connectivity index (χ3v) is 2.94. The van der Waals surface area contributed by atoms with Gasteiger partial charge in [-0.3, -0.25) is 0 Å². The molecule has 0 radical (unpaired) electrons. The fraction of sp³-hybridized carbons (Fsp3) is 0.833. The lowest BCUT2D eigenvalue weighted by molar-refractivity contribution is 0.280. The summed E-state index contributed by atoms with van der Waals surface area (Å²) in [5, 5.41) is 8.62. The van der Waals surface area contributed by atoms with Crippen molar-refractivity contribution in [1.82, 2.24) is 0 Å². The predicted octanol–water partition coefficient (Wildman–Crippen LogP) is 3.14. The highest BCUT2D eigenvalue weighted by molar-refractivity contribution is 4.96. The van der Waals surface area contributed by atoms with Gasteiger partial charge in [-0.1, -0.05) is 31.9 Å². The molecule has 2 atom stereocenters. The largest absolute Gasteiger partial charge is 0.396 e. The molecule has 1 heteroatoms. The van der Waals surface area contributed by atoms with Gasteiger partial charge in [-0.05, 0) is 37.5 Å². The zero-order valence-electron chi connectivity index (χ0n) is 8.71. The molecule has 13 heavy (non-hydrogen) atoms. The molecule has 0 aromatic heterocycles. The molecule has 0 saturated heterocycles. The van der Waals surface area contributed by atoms with Gasteiger partial charge in [0, 0.05) is 6.61 Å². The van der Waals surface area contributed by atoms with Crippen LogP contribution in [0.5, 0.6) is 0 Å². The molecule has 0 aromatic carbocycles. The van der Waals surface area contributed by atoms with Gasteiger partial charge < -0.3 is 5.11 Å². The van der Waals surface area contributed by atoms with E-state index in [9.17, 15) is 0 Å². The Balaban J connectivity index is 2.05. The van der Waals surface area contributed by atoms with Gasteiger partial charge in [0.1, 0.15) is 0 Å². The van der Waals surface area contributed by atoms with Crippen molar-refractivity contribution in [3.63, 3.8) is 0 Å². The molecule has 0 fully saturated rings. The highest BCUT2D eigenvalue weighted by Gasteiger charge is 2.11. The lowest BCUT2D eigenvalue weighted by atomic mass is 9.86. The Bertz CT molecular complexity index is 151. The van der Waals surface area contributed by atoms with Gasteiger partial charge in [-0.2, -0.15) is 0 Å². The van der Waals surface area contributed by atoms with Crippen molar-refractivity contribution in [2.24, 2.45) is 11.8 Å². The van der Waals surface area contributed by atoms with E-state index in [0.717, 1.165) is 18.3 Å². The summed E-state index contributed by atoms with van der Waals surface area (Å²) < 4.78 is 0. The minimum absolute atomic E-state index is 0.359. The summed E-state index contributed by atoms with van der Waals surface area (Å²) in [7, 11) is 0. The molecule has 0 unspecified atom stereocenters. The lowest BCUT2D eigenvalue weighted by Gasteiger charge is -2.19. The van der Waals surface area contributed by atoms with Crippen LogP contribution in [-0.2, 0) is 0 Å². The molecule has 1 aliphatic carbocycles. The van der Waals surface area contributed by atoms with E-state index in [1.54, 1.807) is 0 Å². The van der Waals surface area contributed by atoms with E-state index in [4.69, 9.17) is 5.11 Å². The van der Waals surface area contributed by atoms with E-state index in [-0.39, 0.29) is 0 Å². The average molecular weight is 182 g/mol. The van der Waals surface area contributed by atoms with E-state index in [0.29, 0.717) is 6.61 Å². The van der Waals surface area contributed by atoms with Crippen molar-refractivity contribution in [2.45, 2.75) is 45.4 Å². The quantitative estimate of drug-likeness (QED) is 0.511. The van der Waals surface area contributed by atoms with E-state index in [2.05, 4.69) is 19.1 Å². The van der Waals surface area contributed by atoms with Crippen molar-refractivity contribution < 1.29 is 5.11 Å². The maximum absolute atomic E-state index is 8.62. The van der Waals surface area contributed by atoms with Gasteiger partial charge in [0.25, 0.3) is 0 Å². The van der Waals surface area contributed by atoms with Crippen molar-refractivity contribution in [2.75, 3.05) is 6.61 Å². The number of aliphatic hydroxyl groups is 1. The average Bonchev–Trinajstić information content (AvgIpc) is 2.15. The highest BCUT2D eigenvalue weighted by atomic mass is 16.2. The van der Waals surface area contributed by atoms with E-state index >= 15 is 0 Å². The summed E-state index contributed by atoms with van der Waals surface area (Å²) in [4.78, 5) is 0. The maximum Gasteiger partial charge on any atom is 0.0431 e. The molecule has 1 N–H and O–H groups in total. The van der Waals surface area contributed by atoms with E-state index in [1.807, 2.05) is 0 Å². The second kappa shape index (κ2) is 6.20. The van der Waals surface area contributed by atoms with E-state index in [1.165, 1.54) is 32.1 Å². The van der Waals surface area contributed by atoms with Crippen LogP contribution in [0.4, 0.5) is 0 Å². The molecular weight excluding hydrogens is 160 g/mol. The lowest BCUT2D eigenvalue weighted by Crippen LogP contribution is -2.06. The second-order valence-corrected chi connectivity index (χ2v) is 4.27. The fourth-order valence-electron chi connectivity index (χ4n) is 1.95. The minimum Gasteiger partial charge on any atom is -0.396 e. The molecule has 1 nitrogen and oxygen atoms in total. The zero-order valence-corrected chi connectivity index (χ0v) is 8.71. The number of hydrogen-bond donors (Lipinski definition) is 1.